The summed E-state index contributed by atoms with van der Waals surface area (Å²) in [5.74, 6) is 0. The summed E-state index contributed by atoms with van der Waals surface area (Å²) >= 11 is 0. The first kappa shape index (κ1) is 14.2. The van der Waals surface area contributed by atoms with Crippen LogP contribution < -0.4 is 5.32 Å². The molecule has 1 aliphatic rings. The number of hydrogen-bond donors (Lipinski definition) is 2. The van der Waals surface area contributed by atoms with Crippen LogP contribution >= 0.6 is 0 Å². The Morgan fingerprint density at radius 3 is 2.84 bits per heavy atom. The standard InChI is InChI=1S/C16H24N2O/c1-16(2,3)18-11-14(19)13-9-6-10-17-15(13)12-7-4-5-8-12/h6-7,9-10,14,18-19H,4-5,8,11H2,1-3H3/t14-/m0/s1. The Balaban J connectivity index is 2.15. The first-order chi connectivity index (χ1) is 8.97. The highest BCUT2D eigenvalue weighted by Gasteiger charge is 2.19. The zero-order chi connectivity index (χ0) is 13.9. The third-order valence-corrected chi connectivity index (χ3v) is 3.37. The molecule has 0 amide bonds. The van der Waals surface area contributed by atoms with Crippen LogP contribution in [0.4, 0.5) is 0 Å². The van der Waals surface area contributed by atoms with E-state index in [1.807, 2.05) is 18.3 Å². The summed E-state index contributed by atoms with van der Waals surface area (Å²) in [6.45, 7) is 6.85. The maximum atomic E-state index is 10.4. The summed E-state index contributed by atoms with van der Waals surface area (Å²) in [4.78, 5) is 4.47. The maximum absolute atomic E-state index is 10.4. The Hall–Kier alpha value is -1.19. The van der Waals surface area contributed by atoms with E-state index < -0.39 is 6.10 Å². The van der Waals surface area contributed by atoms with E-state index in [0.717, 1.165) is 24.1 Å². The molecule has 3 heteroatoms. The SMILES string of the molecule is CC(C)(C)NC[C@H](O)c1cccnc1C1=CCCC1. The molecule has 0 radical (unpaired) electrons. The molecule has 3 nitrogen and oxygen atoms in total. The summed E-state index contributed by atoms with van der Waals surface area (Å²) < 4.78 is 0. The summed E-state index contributed by atoms with van der Waals surface area (Å²) in [7, 11) is 0. The van der Waals surface area contributed by atoms with Crippen molar-refractivity contribution in [1.29, 1.82) is 0 Å². The second-order valence-electron chi connectivity index (χ2n) is 6.21. The molecule has 19 heavy (non-hydrogen) atoms. The average molecular weight is 260 g/mol. The highest BCUT2D eigenvalue weighted by atomic mass is 16.3. The van der Waals surface area contributed by atoms with Crippen LogP contribution in [0.1, 0.15) is 57.4 Å². The molecule has 0 bridgehead atoms. The van der Waals surface area contributed by atoms with Gasteiger partial charge >= 0.3 is 0 Å². The number of aliphatic hydroxyl groups excluding tert-OH is 1. The van der Waals surface area contributed by atoms with Gasteiger partial charge in [0, 0.05) is 23.8 Å². The van der Waals surface area contributed by atoms with Crippen molar-refractivity contribution in [3.63, 3.8) is 0 Å². The molecule has 0 saturated carbocycles. The quantitative estimate of drug-likeness (QED) is 0.874. The molecule has 1 aliphatic carbocycles. The average Bonchev–Trinajstić information content (AvgIpc) is 2.89. The minimum absolute atomic E-state index is 0.00990. The molecule has 104 valence electrons. The summed E-state index contributed by atoms with van der Waals surface area (Å²) in [6, 6.07) is 3.88. The Kier molecular flexibility index (Phi) is 4.38. The minimum Gasteiger partial charge on any atom is -0.387 e. The van der Waals surface area contributed by atoms with E-state index in [0.29, 0.717) is 6.54 Å². The number of pyridine rings is 1. The van der Waals surface area contributed by atoms with Gasteiger partial charge in [0.05, 0.1) is 11.8 Å². The van der Waals surface area contributed by atoms with E-state index in [1.54, 1.807) is 0 Å². The topological polar surface area (TPSA) is 45.1 Å². The lowest BCUT2D eigenvalue weighted by Crippen LogP contribution is -2.38. The molecule has 0 aromatic carbocycles. The first-order valence-electron chi connectivity index (χ1n) is 7.05. The zero-order valence-electron chi connectivity index (χ0n) is 12.1. The van der Waals surface area contributed by atoms with Gasteiger partial charge in [-0.3, -0.25) is 4.98 Å². The van der Waals surface area contributed by atoms with Gasteiger partial charge in [0.1, 0.15) is 0 Å². The zero-order valence-corrected chi connectivity index (χ0v) is 12.1. The second-order valence-corrected chi connectivity index (χ2v) is 6.21. The fourth-order valence-electron chi connectivity index (χ4n) is 2.35. The van der Waals surface area contributed by atoms with E-state index >= 15 is 0 Å². The molecule has 0 unspecified atom stereocenters. The third-order valence-electron chi connectivity index (χ3n) is 3.37. The van der Waals surface area contributed by atoms with Gasteiger partial charge in [-0.05, 0) is 51.7 Å². The van der Waals surface area contributed by atoms with Crippen LogP contribution in [0.5, 0.6) is 0 Å². The predicted molar refractivity (Wildman–Crippen MR) is 78.8 cm³/mol. The lowest BCUT2D eigenvalue weighted by atomic mass is 10.0. The van der Waals surface area contributed by atoms with Gasteiger partial charge in [0.25, 0.3) is 0 Å². The van der Waals surface area contributed by atoms with Crippen molar-refractivity contribution >= 4 is 5.57 Å². The minimum atomic E-state index is -0.510. The Bertz CT molecular complexity index is 460. The highest BCUT2D eigenvalue weighted by Crippen LogP contribution is 2.30. The van der Waals surface area contributed by atoms with E-state index in [4.69, 9.17) is 0 Å². The smallest absolute Gasteiger partial charge is 0.0935 e. The summed E-state index contributed by atoms with van der Waals surface area (Å²) in [5, 5.41) is 13.7. The molecule has 1 aromatic heterocycles. The van der Waals surface area contributed by atoms with Crippen molar-refractivity contribution in [1.82, 2.24) is 10.3 Å². The Morgan fingerprint density at radius 2 is 2.21 bits per heavy atom. The van der Waals surface area contributed by atoms with Gasteiger partial charge in [-0.15, -0.1) is 0 Å². The second kappa shape index (κ2) is 5.85. The van der Waals surface area contributed by atoms with Crippen molar-refractivity contribution in [2.24, 2.45) is 0 Å². The van der Waals surface area contributed by atoms with Crippen molar-refractivity contribution in [3.8, 4) is 0 Å². The molecular formula is C16H24N2O. The maximum Gasteiger partial charge on any atom is 0.0935 e. The lowest BCUT2D eigenvalue weighted by molar-refractivity contribution is 0.162. The normalized spacial score (nSPS) is 17.4. The van der Waals surface area contributed by atoms with Gasteiger partial charge in [0.2, 0.25) is 0 Å². The van der Waals surface area contributed by atoms with Crippen LogP contribution in [0.2, 0.25) is 0 Å². The first-order valence-corrected chi connectivity index (χ1v) is 7.05. The molecule has 2 N–H and O–H groups in total. The van der Waals surface area contributed by atoms with Crippen molar-refractivity contribution < 1.29 is 5.11 Å². The molecule has 1 atom stereocenters. The largest absolute Gasteiger partial charge is 0.387 e. The number of nitrogens with one attached hydrogen (secondary N) is 1. The molecule has 0 saturated heterocycles. The van der Waals surface area contributed by atoms with Crippen LogP contribution in [-0.2, 0) is 0 Å². The fourth-order valence-corrected chi connectivity index (χ4v) is 2.35. The van der Waals surface area contributed by atoms with E-state index in [9.17, 15) is 5.11 Å². The number of nitrogens with zero attached hydrogens (tertiary/aromatic N) is 1. The predicted octanol–water partition coefficient (Wildman–Crippen LogP) is 3.07. The van der Waals surface area contributed by atoms with Crippen LogP contribution in [-0.4, -0.2) is 22.2 Å². The van der Waals surface area contributed by atoms with Gasteiger partial charge < -0.3 is 10.4 Å². The van der Waals surface area contributed by atoms with Gasteiger partial charge in [0.15, 0.2) is 0 Å². The number of aliphatic hydroxyl groups is 1. The molecule has 0 aliphatic heterocycles. The van der Waals surface area contributed by atoms with Crippen LogP contribution in [0.3, 0.4) is 0 Å². The van der Waals surface area contributed by atoms with Gasteiger partial charge in [-0.2, -0.15) is 0 Å². The summed E-state index contributed by atoms with van der Waals surface area (Å²) in [5.41, 5.74) is 3.21. The Labute approximate surface area is 115 Å². The van der Waals surface area contributed by atoms with E-state index in [1.165, 1.54) is 12.0 Å². The number of hydrogen-bond acceptors (Lipinski definition) is 3. The molecule has 1 aromatic rings. The molecule has 0 fully saturated rings. The number of rotatable bonds is 4. The number of β-amino-alcohol motifs (C(OH)–C–C–N with tert-alkyl or cyclic N) is 1. The van der Waals surface area contributed by atoms with E-state index in [2.05, 4.69) is 37.1 Å². The van der Waals surface area contributed by atoms with Crippen molar-refractivity contribution in [3.05, 3.63) is 35.7 Å². The monoisotopic (exact) mass is 260 g/mol. The van der Waals surface area contributed by atoms with Crippen LogP contribution in [0, 0.1) is 0 Å². The van der Waals surface area contributed by atoms with Gasteiger partial charge in [-0.1, -0.05) is 12.1 Å². The van der Waals surface area contributed by atoms with Crippen LogP contribution in [0.25, 0.3) is 5.57 Å². The van der Waals surface area contributed by atoms with Crippen molar-refractivity contribution in [2.45, 2.75) is 51.7 Å². The fraction of sp³-hybridized carbons (Fsp3) is 0.562. The lowest BCUT2D eigenvalue weighted by Gasteiger charge is -2.24. The number of allylic oxidation sites excluding steroid dienone is 2. The molecular weight excluding hydrogens is 236 g/mol. The van der Waals surface area contributed by atoms with Crippen molar-refractivity contribution in [2.75, 3.05) is 6.54 Å². The molecule has 2 rings (SSSR count). The third kappa shape index (κ3) is 3.88. The number of aromatic nitrogens is 1. The summed E-state index contributed by atoms with van der Waals surface area (Å²) in [6.07, 6.45) is 6.94. The van der Waals surface area contributed by atoms with Crippen LogP contribution in [0.15, 0.2) is 24.4 Å². The highest BCUT2D eigenvalue weighted by molar-refractivity contribution is 5.67. The molecule has 1 heterocycles. The van der Waals surface area contributed by atoms with Gasteiger partial charge in [-0.25, -0.2) is 0 Å². The van der Waals surface area contributed by atoms with E-state index in [-0.39, 0.29) is 5.54 Å². The molecule has 0 spiro atoms. The Morgan fingerprint density at radius 1 is 1.42 bits per heavy atom.